The molecular formula is C16H16O3. The monoisotopic (exact) mass is 256 g/mol. The molecule has 3 heteroatoms. The molecule has 0 radical (unpaired) electrons. The predicted octanol–water partition coefficient (Wildman–Crippen LogP) is 3.67. The molecule has 0 aromatic heterocycles. The first-order valence-corrected chi connectivity index (χ1v) is 6.25. The predicted molar refractivity (Wildman–Crippen MR) is 73.7 cm³/mol. The molecule has 0 amide bonds. The number of aryl methyl sites for hydroxylation is 1. The number of aliphatic carboxylic acids is 1. The minimum atomic E-state index is -0.829. The highest BCUT2D eigenvalue weighted by atomic mass is 16.5. The van der Waals surface area contributed by atoms with E-state index in [4.69, 9.17) is 9.84 Å². The van der Waals surface area contributed by atoms with Crippen LogP contribution in [0, 0.1) is 0 Å². The Kier molecular flexibility index (Phi) is 4.18. The number of ether oxygens (including phenoxy) is 1. The summed E-state index contributed by atoms with van der Waals surface area (Å²) >= 11 is 0. The summed E-state index contributed by atoms with van der Waals surface area (Å²) in [4.78, 5) is 10.6. The van der Waals surface area contributed by atoms with Gasteiger partial charge in [0, 0.05) is 0 Å². The van der Waals surface area contributed by atoms with E-state index in [0.717, 1.165) is 17.7 Å². The Morgan fingerprint density at radius 3 is 2.42 bits per heavy atom. The van der Waals surface area contributed by atoms with Gasteiger partial charge in [0.2, 0.25) is 0 Å². The third-order valence-electron chi connectivity index (χ3n) is 2.82. The van der Waals surface area contributed by atoms with Crippen LogP contribution in [-0.2, 0) is 17.6 Å². The summed E-state index contributed by atoms with van der Waals surface area (Å²) in [6.07, 6.45) is 1.00. The van der Waals surface area contributed by atoms with Crippen molar-refractivity contribution in [1.29, 1.82) is 0 Å². The molecule has 0 atom stereocenters. The second-order valence-electron chi connectivity index (χ2n) is 4.32. The van der Waals surface area contributed by atoms with E-state index < -0.39 is 5.97 Å². The van der Waals surface area contributed by atoms with Crippen LogP contribution in [0.4, 0.5) is 0 Å². The van der Waals surface area contributed by atoms with Gasteiger partial charge in [0.15, 0.2) is 0 Å². The highest BCUT2D eigenvalue weighted by Crippen LogP contribution is 2.22. The first-order valence-electron chi connectivity index (χ1n) is 6.25. The molecule has 2 aromatic rings. The highest BCUT2D eigenvalue weighted by Gasteiger charge is 2.02. The van der Waals surface area contributed by atoms with Gasteiger partial charge in [-0.2, -0.15) is 0 Å². The Bertz CT molecular complexity index is 558. The number of carboxylic acid groups (broad SMARTS) is 1. The summed E-state index contributed by atoms with van der Waals surface area (Å²) in [5, 5.41) is 8.70. The van der Waals surface area contributed by atoms with Crippen molar-refractivity contribution in [3.8, 4) is 11.5 Å². The van der Waals surface area contributed by atoms with Crippen molar-refractivity contribution in [2.45, 2.75) is 19.8 Å². The Balaban J connectivity index is 2.08. The van der Waals surface area contributed by atoms with Crippen LogP contribution < -0.4 is 4.74 Å². The van der Waals surface area contributed by atoms with E-state index in [-0.39, 0.29) is 6.42 Å². The van der Waals surface area contributed by atoms with Crippen LogP contribution in [0.25, 0.3) is 0 Å². The third kappa shape index (κ3) is 3.85. The fraction of sp³-hybridized carbons (Fsp3) is 0.188. The Morgan fingerprint density at radius 1 is 1.05 bits per heavy atom. The van der Waals surface area contributed by atoms with Crippen LogP contribution in [0.2, 0.25) is 0 Å². The van der Waals surface area contributed by atoms with Crippen molar-refractivity contribution < 1.29 is 14.6 Å². The summed E-state index contributed by atoms with van der Waals surface area (Å²) in [7, 11) is 0. The molecule has 1 N–H and O–H groups in total. The molecule has 0 aliphatic carbocycles. The average molecular weight is 256 g/mol. The first kappa shape index (κ1) is 13.1. The molecule has 0 spiro atoms. The molecule has 0 aliphatic heterocycles. The van der Waals surface area contributed by atoms with E-state index in [2.05, 4.69) is 13.0 Å². The summed E-state index contributed by atoms with van der Waals surface area (Å²) in [6.45, 7) is 2.10. The lowest BCUT2D eigenvalue weighted by Gasteiger charge is -2.07. The standard InChI is InChI=1S/C16H16O3/c1-2-12-4-3-5-15(10-12)19-14-8-6-13(7-9-14)11-16(17)18/h3-10H,2,11H2,1H3,(H,17,18). The fourth-order valence-corrected chi connectivity index (χ4v) is 1.81. The highest BCUT2D eigenvalue weighted by molar-refractivity contribution is 5.70. The van der Waals surface area contributed by atoms with Crippen molar-refractivity contribution in [2.75, 3.05) is 0 Å². The van der Waals surface area contributed by atoms with E-state index in [1.165, 1.54) is 5.56 Å². The third-order valence-corrected chi connectivity index (χ3v) is 2.82. The van der Waals surface area contributed by atoms with Gasteiger partial charge in [-0.3, -0.25) is 4.79 Å². The molecule has 2 aromatic carbocycles. The SMILES string of the molecule is CCc1cccc(Oc2ccc(CC(=O)O)cc2)c1. The maximum absolute atomic E-state index is 10.6. The molecule has 0 saturated heterocycles. The number of rotatable bonds is 5. The number of carbonyl (C=O) groups is 1. The van der Waals surface area contributed by atoms with Crippen molar-refractivity contribution in [1.82, 2.24) is 0 Å². The molecule has 0 saturated carbocycles. The van der Waals surface area contributed by atoms with Gasteiger partial charge in [-0.25, -0.2) is 0 Å². The summed E-state index contributed by atoms with van der Waals surface area (Å²) in [5.74, 6) is 0.678. The smallest absolute Gasteiger partial charge is 0.307 e. The lowest BCUT2D eigenvalue weighted by Crippen LogP contribution is -1.99. The van der Waals surface area contributed by atoms with Gasteiger partial charge >= 0.3 is 5.97 Å². The second kappa shape index (κ2) is 6.05. The number of benzene rings is 2. The largest absolute Gasteiger partial charge is 0.481 e. The number of hydrogen-bond donors (Lipinski definition) is 1. The van der Waals surface area contributed by atoms with Gasteiger partial charge in [-0.05, 0) is 41.8 Å². The minimum absolute atomic E-state index is 0.0333. The number of carboxylic acids is 1. The van der Waals surface area contributed by atoms with Crippen LogP contribution in [-0.4, -0.2) is 11.1 Å². The molecule has 19 heavy (non-hydrogen) atoms. The van der Waals surface area contributed by atoms with Gasteiger partial charge in [-0.15, -0.1) is 0 Å². The maximum Gasteiger partial charge on any atom is 0.307 e. The summed E-state index contributed by atoms with van der Waals surface area (Å²) in [5.41, 5.74) is 1.99. The zero-order valence-electron chi connectivity index (χ0n) is 10.8. The fourth-order valence-electron chi connectivity index (χ4n) is 1.81. The summed E-state index contributed by atoms with van der Waals surface area (Å²) in [6, 6.07) is 15.1. The molecule has 0 bridgehead atoms. The normalized spacial score (nSPS) is 10.2. The minimum Gasteiger partial charge on any atom is -0.481 e. The number of hydrogen-bond acceptors (Lipinski definition) is 2. The van der Waals surface area contributed by atoms with E-state index in [9.17, 15) is 4.79 Å². The topological polar surface area (TPSA) is 46.5 Å². The van der Waals surface area contributed by atoms with Crippen molar-refractivity contribution in [3.05, 3.63) is 59.7 Å². The lowest BCUT2D eigenvalue weighted by atomic mass is 10.1. The Labute approximate surface area is 112 Å². The quantitative estimate of drug-likeness (QED) is 0.887. The van der Waals surface area contributed by atoms with Crippen LogP contribution in [0.5, 0.6) is 11.5 Å². The molecule has 2 rings (SSSR count). The van der Waals surface area contributed by atoms with E-state index in [1.807, 2.05) is 18.2 Å². The molecule has 0 fully saturated rings. The van der Waals surface area contributed by atoms with Crippen LogP contribution >= 0.6 is 0 Å². The second-order valence-corrected chi connectivity index (χ2v) is 4.32. The molecule has 0 aliphatic rings. The van der Waals surface area contributed by atoms with Gasteiger partial charge in [0.05, 0.1) is 6.42 Å². The zero-order chi connectivity index (χ0) is 13.7. The molecule has 3 nitrogen and oxygen atoms in total. The van der Waals surface area contributed by atoms with E-state index >= 15 is 0 Å². The summed E-state index contributed by atoms with van der Waals surface area (Å²) < 4.78 is 5.73. The lowest BCUT2D eigenvalue weighted by molar-refractivity contribution is -0.136. The maximum atomic E-state index is 10.6. The van der Waals surface area contributed by atoms with Crippen molar-refractivity contribution in [2.24, 2.45) is 0 Å². The van der Waals surface area contributed by atoms with Crippen LogP contribution in [0.15, 0.2) is 48.5 Å². The van der Waals surface area contributed by atoms with Gasteiger partial charge in [0.25, 0.3) is 0 Å². The first-order chi connectivity index (χ1) is 9.17. The molecule has 0 unspecified atom stereocenters. The van der Waals surface area contributed by atoms with Gasteiger partial charge in [0.1, 0.15) is 11.5 Å². The van der Waals surface area contributed by atoms with Gasteiger partial charge in [-0.1, -0.05) is 31.2 Å². The van der Waals surface area contributed by atoms with Gasteiger partial charge < -0.3 is 9.84 Å². The Morgan fingerprint density at radius 2 is 1.79 bits per heavy atom. The van der Waals surface area contributed by atoms with Crippen LogP contribution in [0.3, 0.4) is 0 Å². The average Bonchev–Trinajstić information content (AvgIpc) is 2.41. The zero-order valence-corrected chi connectivity index (χ0v) is 10.8. The Hall–Kier alpha value is -2.29. The van der Waals surface area contributed by atoms with Crippen molar-refractivity contribution in [3.63, 3.8) is 0 Å². The van der Waals surface area contributed by atoms with Crippen molar-refractivity contribution >= 4 is 5.97 Å². The van der Waals surface area contributed by atoms with E-state index in [0.29, 0.717) is 5.75 Å². The molecular weight excluding hydrogens is 240 g/mol. The molecule has 0 heterocycles. The van der Waals surface area contributed by atoms with Crippen LogP contribution in [0.1, 0.15) is 18.1 Å². The van der Waals surface area contributed by atoms with E-state index in [1.54, 1.807) is 24.3 Å². The molecule has 98 valence electrons.